The predicted molar refractivity (Wildman–Crippen MR) is 59.5 cm³/mol. The number of ether oxygens (including phenoxy) is 4. The number of esters is 2. The second-order valence-electron chi connectivity index (χ2n) is 4.70. The van der Waals surface area contributed by atoms with Crippen molar-refractivity contribution in [2.45, 2.75) is 38.3 Å². The summed E-state index contributed by atoms with van der Waals surface area (Å²) in [5.41, 5.74) is 0. The molecule has 6 heteroatoms. The second kappa shape index (κ2) is 5.24. The summed E-state index contributed by atoms with van der Waals surface area (Å²) in [4.78, 5) is 22.4. The van der Waals surface area contributed by atoms with Crippen LogP contribution in [0.3, 0.4) is 0 Å². The number of fused-ring (bicyclic) bond motifs is 1. The van der Waals surface area contributed by atoms with Crippen LogP contribution in [0.2, 0.25) is 0 Å². The Morgan fingerprint density at radius 1 is 1.39 bits per heavy atom. The first kappa shape index (κ1) is 13.3. The van der Waals surface area contributed by atoms with Crippen molar-refractivity contribution in [2.24, 2.45) is 11.8 Å². The lowest BCUT2D eigenvalue weighted by atomic mass is 9.91. The average Bonchev–Trinajstić information content (AvgIpc) is 2.77. The smallest absolute Gasteiger partial charge is 0.306 e. The molecule has 1 saturated heterocycles. The number of hydrogen-bond donors (Lipinski definition) is 0. The van der Waals surface area contributed by atoms with E-state index in [1.165, 1.54) is 21.1 Å². The van der Waals surface area contributed by atoms with E-state index < -0.39 is 6.29 Å². The van der Waals surface area contributed by atoms with Crippen molar-refractivity contribution in [2.75, 3.05) is 14.2 Å². The van der Waals surface area contributed by atoms with Crippen molar-refractivity contribution in [1.82, 2.24) is 0 Å². The van der Waals surface area contributed by atoms with Crippen LogP contribution in [0, 0.1) is 11.8 Å². The van der Waals surface area contributed by atoms with Crippen LogP contribution in [0.1, 0.15) is 19.8 Å². The number of carbonyl (C=O) groups is 2. The van der Waals surface area contributed by atoms with Gasteiger partial charge < -0.3 is 18.9 Å². The minimum atomic E-state index is -0.501. The fourth-order valence-corrected chi connectivity index (χ4v) is 3.02. The summed E-state index contributed by atoms with van der Waals surface area (Å²) in [6, 6.07) is 0. The van der Waals surface area contributed by atoms with Gasteiger partial charge in [-0.3, -0.25) is 9.59 Å². The zero-order valence-corrected chi connectivity index (χ0v) is 10.8. The molecule has 1 saturated carbocycles. The van der Waals surface area contributed by atoms with Crippen molar-refractivity contribution in [3.63, 3.8) is 0 Å². The van der Waals surface area contributed by atoms with Gasteiger partial charge in [0.2, 0.25) is 0 Å². The van der Waals surface area contributed by atoms with Gasteiger partial charge in [-0.2, -0.15) is 0 Å². The van der Waals surface area contributed by atoms with E-state index in [-0.39, 0.29) is 36.0 Å². The normalized spacial score (nSPS) is 34.6. The lowest BCUT2D eigenvalue weighted by Gasteiger charge is -2.28. The Bertz CT molecular complexity index is 337. The van der Waals surface area contributed by atoms with Crippen LogP contribution in [0.4, 0.5) is 0 Å². The molecule has 1 heterocycles. The van der Waals surface area contributed by atoms with Crippen LogP contribution in [0.5, 0.6) is 0 Å². The Balaban J connectivity index is 2.16. The van der Waals surface area contributed by atoms with Crippen molar-refractivity contribution in [1.29, 1.82) is 0 Å². The van der Waals surface area contributed by atoms with Crippen LogP contribution in [0.15, 0.2) is 0 Å². The molecule has 0 unspecified atom stereocenters. The maximum absolute atomic E-state index is 11.3. The van der Waals surface area contributed by atoms with E-state index in [0.717, 1.165) is 0 Å². The van der Waals surface area contributed by atoms with Gasteiger partial charge in [-0.05, 0) is 0 Å². The molecule has 102 valence electrons. The minimum absolute atomic E-state index is 0.00764. The molecule has 1 aliphatic carbocycles. The van der Waals surface area contributed by atoms with E-state index in [2.05, 4.69) is 0 Å². The van der Waals surface area contributed by atoms with Crippen molar-refractivity contribution in [3.05, 3.63) is 0 Å². The molecule has 0 aromatic carbocycles. The summed E-state index contributed by atoms with van der Waals surface area (Å²) in [6.07, 6.45) is -0.172. The molecule has 6 nitrogen and oxygen atoms in total. The van der Waals surface area contributed by atoms with Crippen LogP contribution < -0.4 is 0 Å². The van der Waals surface area contributed by atoms with Crippen LogP contribution >= 0.6 is 0 Å². The standard InChI is InChI=1S/C12H18O6/c1-6(13)17-9-5-8-7(4-10(14)18-8)11(9)12(15-2)16-3/h7-9,11-12H,4-5H2,1-3H3/t7-,8-,9+,11+/m0/s1. The molecule has 0 spiro atoms. The minimum Gasteiger partial charge on any atom is -0.462 e. The van der Waals surface area contributed by atoms with Crippen LogP contribution in [-0.4, -0.2) is 44.7 Å². The predicted octanol–water partition coefficient (Wildman–Crippen LogP) is 0.489. The summed E-state index contributed by atoms with van der Waals surface area (Å²) in [5.74, 6) is -0.725. The van der Waals surface area contributed by atoms with Gasteiger partial charge in [0.05, 0.1) is 12.3 Å². The molecule has 2 fully saturated rings. The highest BCUT2D eigenvalue weighted by atomic mass is 16.7. The fourth-order valence-electron chi connectivity index (χ4n) is 3.02. The van der Waals surface area contributed by atoms with Gasteiger partial charge in [0.25, 0.3) is 0 Å². The first-order valence-electron chi connectivity index (χ1n) is 5.99. The van der Waals surface area contributed by atoms with Gasteiger partial charge >= 0.3 is 11.9 Å². The van der Waals surface area contributed by atoms with Gasteiger partial charge in [-0.15, -0.1) is 0 Å². The Morgan fingerprint density at radius 2 is 2.06 bits per heavy atom. The van der Waals surface area contributed by atoms with Gasteiger partial charge in [-0.1, -0.05) is 0 Å². The summed E-state index contributed by atoms with van der Waals surface area (Å²) in [6.45, 7) is 1.37. The number of hydrogen-bond acceptors (Lipinski definition) is 6. The summed E-state index contributed by atoms with van der Waals surface area (Å²) in [5, 5.41) is 0. The molecule has 1 aliphatic heterocycles. The lowest BCUT2D eigenvalue weighted by Crippen LogP contribution is -2.37. The zero-order chi connectivity index (χ0) is 13.3. The Kier molecular flexibility index (Phi) is 3.87. The van der Waals surface area contributed by atoms with Crippen LogP contribution in [0.25, 0.3) is 0 Å². The maximum Gasteiger partial charge on any atom is 0.306 e. The highest BCUT2D eigenvalue weighted by molar-refractivity contribution is 5.72. The van der Waals surface area contributed by atoms with E-state index >= 15 is 0 Å². The van der Waals surface area contributed by atoms with Crippen molar-refractivity contribution in [3.8, 4) is 0 Å². The number of carbonyl (C=O) groups excluding carboxylic acids is 2. The maximum atomic E-state index is 11.3. The quantitative estimate of drug-likeness (QED) is 0.540. The molecule has 0 amide bonds. The topological polar surface area (TPSA) is 71.1 Å². The summed E-state index contributed by atoms with van der Waals surface area (Å²) in [7, 11) is 3.06. The zero-order valence-electron chi connectivity index (χ0n) is 10.8. The highest BCUT2D eigenvalue weighted by Gasteiger charge is 2.54. The molecular formula is C12H18O6. The molecule has 0 radical (unpaired) electrons. The Hall–Kier alpha value is -1.14. The van der Waals surface area contributed by atoms with Crippen LogP contribution in [-0.2, 0) is 28.5 Å². The molecule has 0 aromatic heterocycles. The largest absolute Gasteiger partial charge is 0.462 e. The molecule has 18 heavy (non-hydrogen) atoms. The molecular weight excluding hydrogens is 240 g/mol. The molecule has 0 bridgehead atoms. The first-order valence-corrected chi connectivity index (χ1v) is 5.99. The van der Waals surface area contributed by atoms with Gasteiger partial charge in [0.15, 0.2) is 6.29 Å². The number of rotatable bonds is 4. The third-order valence-electron chi connectivity index (χ3n) is 3.65. The fraction of sp³-hybridized carbons (Fsp3) is 0.833. The third kappa shape index (κ3) is 2.35. The molecule has 0 aromatic rings. The van der Waals surface area contributed by atoms with Gasteiger partial charge in [0, 0.05) is 33.5 Å². The van der Waals surface area contributed by atoms with Crippen molar-refractivity contribution < 1.29 is 28.5 Å². The first-order chi connectivity index (χ1) is 8.56. The summed E-state index contributed by atoms with van der Waals surface area (Å²) < 4.78 is 21.0. The third-order valence-corrected chi connectivity index (χ3v) is 3.65. The van der Waals surface area contributed by atoms with Gasteiger partial charge in [0.1, 0.15) is 12.2 Å². The second-order valence-corrected chi connectivity index (χ2v) is 4.70. The Morgan fingerprint density at radius 3 is 2.61 bits per heavy atom. The van der Waals surface area contributed by atoms with E-state index in [1.807, 2.05) is 0 Å². The monoisotopic (exact) mass is 258 g/mol. The molecule has 2 aliphatic rings. The van der Waals surface area contributed by atoms with E-state index in [9.17, 15) is 9.59 Å². The number of methoxy groups -OCH3 is 2. The van der Waals surface area contributed by atoms with Crippen molar-refractivity contribution >= 4 is 11.9 Å². The van der Waals surface area contributed by atoms with E-state index in [0.29, 0.717) is 12.8 Å². The SMILES string of the molecule is COC(OC)[C@@H]1[C@H]2CC(=O)O[C@H]2C[C@H]1OC(C)=O. The molecule has 4 atom stereocenters. The van der Waals surface area contributed by atoms with E-state index in [1.54, 1.807) is 0 Å². The molecule has 2 rings (SSSR count). The highest BCUT2D eigenvalue weighted by Crippen LogP contribution is 2.45. The Labute approximate surface area is 106 Å². The molecule has 0 N–H and O–H groups in total. The van der Waals surface area contributed by atoms with Gasteiger partial charge in [-0.25, -0.2) is 0 Å². The summed E-state index contributed by atoms with van der Waals surface area (Å²) >= 11 is 0. The van der Waals surface area contributed by atoms with E-state index in [4.69, 9.17) is 18.9 Å². The lowest BCUT2D eigenvalue weighted by molar-refractivity contribution is -0.179. The average molecular weight is 258 g/mol.